The molecule has 0 aromatic heterocycles. The number of aliphatic hydroxyl groups excluding tert-OH is 1. The summed E-state index contributed by atoms with van der Waals surface area (Å²) < 4.78 is 0. The molecule has 0 bridgehead atoms. The number of ketones is 1. The van der Waals surface area contributed by atoms with Crippen molar-refractivity contribution in [3.63, 3.8) is 0 Å². The van der Waals surface area contributed by atoms with E-state index in [4.69, 9.17) is 5.11 Å². The Morgan fingerprint density at radius 1 is 0.708 bits per heavy atom. The van der Waals surface area contributed by atoms with Gasteiger partial charge in [-0.1, -0.05) is 61.7 Å². The van der Waals surface area contributed by atoms with Crippen molar-refractivity contribution in [3.8, 4) is 47.4 Å². The quantitative estimate of drug-likeness (QED) is 0.543. The Balaban J connectivity index is 3.58. The third kappa shape index (κ3) is 17.9. The van der Waals surface area contributed by atoms with Gasteiger partial charge in [0.2, 0.25) is 0 Å². The molecule has 0 unspecified atom stereocenters. The van der Waals surface area contributed by atoms with Crippen molar-refractivity contribution in [2.45, 2.75) is 77.6 Å². The normalized spacial score (nSPS) is 8.42. The van der Waals surface area contributed by atoms with E-state index in [1.165, 1.54) is 25.7 Å². The Hall–Kier alpha value is -2.13. The van der Waals surface area contributed by atoms with E-state index in [1.54, 1.807) is 0 Å². The second-order valence-corrected chi connectivity index (χ2v) is 5.31. The monoisotopic (exact) mass is 324 g/mol. The van der Waals surface area contributed by atoms with Crippen molar-refractivity contribution in [3.05, 3.63) is 0 Å². The standard InChI is InChI=1S/C22H28O2/c1-2-3-4-5-6-7-8-9-10-11-12-13-14-15-16-17-18-19-20-22(24)21-23/h23H,2-6,9,12,15,18-21H2,1H3. The molecule has 0 aliphatic heterocycles. The maximum atomic E-state index is 10.8. The Morgan fingerprint density at radius 2 is 1.21 bits per heavy atom. The number of carbonyl (C=O) groups excluding carboxylic acids is 1. The number of Topliss-reactive ketones (excluding diaryl/α,β-unsaturated/α-hetero) is 1. The van der Waals surface area contributed by atoms with Gasteiger partial charge in [-0.2, -0.15) is 0 Å². The molecule has 0 aromatic carbocycles. The summed E-state index contributed by atoms with van der Waals surface area (Å²) >= 11 is 0. The van der Waals surface area contributed by atoms with E-state index in [0.29, 0.717) is 38.5 Å². The molecular weight excluding hydrogens is 296 g/mol. The SMILES string of the molecule is CCCCCCC#CCC#CCC#CCC#CCCCC(=O)CO. The van der Waals surface area contributed by atoms with Gasteiger partial charge in [-0.3, -0.25) is 4.79 Å². The van der Waals surface area contributed by atoms with Crippen LogP contribution in [0.15, 0.2) is 0 Å². The molecule has 0 saturated carbocycles. The Labute approximate surface area is 147 Å². The molecule has 2 nitrogen and oxygen atoms in total. The molecule has 0 atom stereocenters. The number of carbonyl (C=O) groups is 1. The Morgan fingerprint density at radius 3 is 1.71 bits per heavy atom. The van der Waals surface area contributed by atoms with Gasteiger partial charge in [-0.25, -0.2) is 0 Å². The fourth-order valence-electron chi connectivity index (χ4n) is 1.78. The first-order valence-electron chi connectivity index (χ1n) is 8.76. The minimum atomic E-state index is -0.371. The van der Waals surface area contributed by atoms with Crippen LogP contribution in [-0.2, 0) is 4.79 Å². The molecule has 1 N–H and O–H groups in total. The predicted octanol–water partition coefficient (Wildman–Crippen LogP) is 3.87. The van der Waals surface area contributed by atoms with Crippen LogP contribution in [-0.4, -0.2) is 17.5 Å². The third-order valence-corrected chi connectivity index (χ3v) is 3.12. The summed E-state index contributed by atoms with van der Waals surface area (Å²) in [6.45, 7) is 1.84. The van der Waals surface area contributed by atoms with Crippen molar-refractivity contribution in [1.82, 2.24) is 0 Å². The molecule has 0 saturated heterocycles. The zero-order valence-electron chi connectivity index (χ0n) is 14.8. The maximum absolute atomic E-state index is 10.8. The van der Waals surface area contributed by atoms with Gasteiger partial charge in [0.15, 0.2) is 5.78 Å². The predicted molar refractivity (Wildman–Crippen MR) is 99.7 cm³/mol. The van der Waals surface area contributed by atoms with Crippen LogP contribution in [0.25, 0.3) is 0 Å². The van der Waals surface area contributed by atoms with E-state index in [2.05, 4.69) is 54.3 Å². The van der Waals surface area contributed by atoms with E-state index >= 15 is 0 Å². The molecule has 2 heteroatoms. The molecule has 0 amide bonds. The molecule has 0 spiro atoms. The minimum Gasteiger partial charge on any atom is -0.389 e. The first-order valence-corrected chi connectivity index (χ1v) is 8.76. The summed E-state index contributed by atoms with van der Waals surface area (Å²) in [5, 5.41) is 8.56. The molecule has 0 radical (unpaired) electrons. The number of hydrogen-bond acceptors (Lipinski definition) is 2. The summed E-state index contributed by atoms with van der Waals surface area (Å²) in [5.41, 5.74) is 0. The molecule has 0 rings (SSSR count). The summed E-state index contributed by atoms with van der Waals surface area (Å²) in [7, 11) is 0. The fraction of sp³-hybridized carbons (Fsp3) is 0.591. The highest BCUT2D eigenvalue weighted by Crippen LogP contribution is 2.00. The average molecular weight is 324 g/mol. The number of rotatable bonds is 8. The summed E-state index contributed by atoms with van der Waals surface area (Å²) in [5.74, 6) is 23.9. The minimum absolute atomic E-state index is 0.128. The Kier molecular flexibility index (Phi) is 17.2. The molecule has 24 heavy (non-hydrogen) atoms. The smallest absolute Gasteiger partial charge is 0.158 e. The fourth-order valence-corrected chi connectivity index (χ4v) is 1.78. The van der Waals surface area contributed by atoms with Gasteiger partial charge in [0.1, 0.15) is 6.61 Å². The van der Waals surface area contributed by atoms with Crippen molar-refractivity contribution in [1.29, 1.82) is 0 Å². The molecule has 0 aromatic rings. The van der Waals surface area contributed by atoms with Gasteiger partial charge < -0.3 is 5.11 Å². The molecule has 128 valence electrons. The average Bonchev–Trinajstić information content (AvgIpc) is 2.60. The van der Waals surface area contributed by atoms with Crippen LogP contribution in [0, 0.1) is 47.4 Å². The highest BCUT2D eigenvalue weighted by molar-refractivity contribution is 5.79. The van der Waals surface area contributed by atoms with Crippen LogP contribution in [0.3, 0.4) is 0 Å². The first kappa shape index (κ1) is 21.9. The first-order chi connectivity index (χ1) is 11.8. The van der Waals surface area contributed by atoms with E-state index in [9.17, 15) is 4.79 Å². The molecular formula is C22H28O2. The lowest BCUT2D eigenvalue weighted by Gasteiger charge is -1.91. The van der Waals surface area contributed by atoms with Crippen molar-refractivity contribution < 1.29 is 9.90 Å². The lowest BCUT2D eigenvalue weighted by molar-refractivity contribution is -0.121. The number of aliphatic hydroxyl groups is 1. The van der Waals surface area contributed by atoms with E-state index in [0.717, 1.165) is 6.42 Å². The van der Waals surface area contributed by atoms with Crippen LogP contribution in [0.4, 0.5) is 0 Å². The van der Waals surface area contributed by atoms with E-state index in [-0.39, 0.29) is 12.4 Å². The highest BCUT2D eigenvalue weighted by Gasteiger charge is 1.96. The number of hydrogen-bond donors (Lipinski definition) is 1. The van der Waals surface area contributed by atoms with Crippen LogP contribution in [0.5, 0.6) is 0 Å². The van der Waals surface area contributed by atoms with E-state index in [1.807, 2.05) is 0 Å². The van der Waals surface area contributed by atoms with Crippen molar-refractivity contribution >= 4 is 5.78 Å². The molecule has 0 heterocycles. The van der Waals surface area contributed by atoms with Gasteiger partial charge in [0, 0.05) is 19.3 Å². The Bertz CT molecular complexity index is 570. The van der Waals surface area contributed by atoms with Gasteiger partial charge in [-0.15, -0.1) is 11.8 Å². The zero-order chi connectivity index (χ0) is 17.7. The van der Waals surface area contributed by atoms with Crippen LogP contribution >= 0.6 is 0 Å². The van der Waals surface area contributed by atoms with Gasteiger partial charge in [-0.05, 0) is 12.8 Å². The largest absolute Gasteiger partial charge is 0.389 e. The molecule has 0 aliphatic carbocycles. The summed E-state index contributed by atoms with van der Waals surface area (Å²) in [4.78, 5) is 10.8. The third-order valence-electron chi connectivity index (χ3n) is 3.12. The number of unbranched alkanes of at least 4 members (excludes halogenated alkanes) is 5. The van der Waals surface area contributed by atoms with Crippen LogP contribution < -0.4 is 0 Å². The highest BCUT2D eigenvalue weighted by atomic mass is 16.3. The zero-order valence-corrected chi connectivity index (χ0v) is 14.8. The molecule has 0 fully saturated rings. The van der Waals surface area contributed by atoms with Gasteiger partial charge in [0.05, 0.1) is 19.3 Å². The van der Waals surface area contributed by atoms with E-state index < -0.39 is 0 Å². The van der Waals surface area contributed by atoms with Crippen LogP contribution in [0.2, 0.25) is 0 Å². The van der Waals surface area contributed by atoms with Crippen LogP contribution in [0.1, 0.15) is 77.6 Å². The summed E-state index contributed by atoms with van der Waals surface area (Å²) in [6.07, 6.45) is 9.50. The van der Waals surface area contributed by atoms with Gasteiger partial charge in [0.25, 0.3) is 0 Å². The molecule has 0 aliphatic rings. The van der Waals surface area contributed by atoms with Crippen molar-refractivity contribution in [2.24, 2.45) is 0 Å². The lowest BCUT2D eigenvalue weighted by Crippen LogP contribution is -2.02. The summed E-state index contributed by atoms with van der Waals surface area (Å²) in [6, 6.07) is 0. The second-order valence-electron chi connectivity index (χ2n) is 5.31. The lowest BCUT2D eigenvalue weighted by atomic mass is 10.1. The van der Waals surface area contributed by atoms with Crippen molar-refractivity contribution in [2.75, 3.05) is 6.61 Å². The maximum Gasteiger partial charge on any atom is 0.158 e. The second kappa shape index (κ2) is 18.9. The topological polar surface area (TPSA) is 37.3 Å². The van der Waals surface area contributed by atoms with Gasteiger partial charge >= 0.3 is 0 Å².